The minimum absolute atomic E-state index is 0.0104. The normalized spacial score (nSPS) is 26.5. The second kappa shape index (κ2) is 22.4. The lowest BCUT2D eigenvalue weighted by molar-refractivity contribution is -0.335. The highest BCUT2D eigenvalue weighted by Gasteiger charge is 2.59. The maximum Gasteiger partial charge on any atom is 0.411 e. The number of ether oxygens (including phenoxy) is 10. The van der Waals surface area contributed by atoms with Crippen molar-refractivity contribution in [2.75, 3.05) is 20.3 Å². The second-order valence-electron chi connectivity index (χ2n) is 16.0. The molecule has 0 radical (unpaired) electrons. The number of carbonyl (C=O) groups excluding carboxylic acids is 2. The van der Waals surface area contributed by atoms with Gasteiger partial charge >= 0.3 is 12.1 Å². The molecule has 0 bridgehead atoms. The van der Waals surface area contributed by atoms with Crippen LogP contribution in [0.4, 0.5) is 4.79 Å². The van der Waals surface area contributed by atoms with Crippen molar-refractivity contribution in [1.29, 1.82) is 0 Å². The van der Waals surface area contributed by atoms with Gasteiger partial charge in [-0.3, -0.25) is 9.69 Å². The molecule has 1 amide bonds. The average Bonchev–Trinajstić information content (AvgIpc) is 3.66. The summed E-state index contributed by atoms with van der Waals surface area (Å²) in [4.78, 5) is 28.0. The van der Waals surface area contributed by atoms with Crippen molar-refractivity contribution in [2.45, 2.75) is 101 Å². The zero-order chi connectivity index (χ0) is 44.1. The third kappa shape index (κ3) is 11.6. The van der Waals surface area contributed by atoms with E-state index >= 15 is 0 Å². The zero-order valence-corrected chi connectivity index (χ0v) is 36.0. The van der Waals surface area contributed by atoms with Crippen molar-refractivity contribution < 1.29 is 57.0 Å². The third-order valence-electron chi connectivity index (χ3n) is 11.4. The molecule has 8 rings (SSSR count). The van der Waals surface area contributed by atoms with Gasteiger partial charge in [0, 0.05) is 20.6 Å². The van der Waals surface area contributed by atoms with Crippen molar-refractivity contribution >= 4 is 12.1 Å². The third-order valence-corrected chi connectivity index (χ3v) is 11.4. The van der Waals surface area contributed by atoms with Crippen LogP contribution in [0.5, 0.6) is 0 Å². The summed E-state index contributed by atoms with van der Waals surface area (Å²) in [5, 5.41) is 0. The van der Waals surface area contributed by atoms with Crippen LogP contribution in [-0.2, 0) is 85.1 Å². The van der Waals surface area contributed by atoms with E-state index in [1.807, 2.05) is 152 Å². The molecule has 10 atom stereocenters. The molecule has 0 aliphatic carbocycles. The van der Waals surface area contributed by atoms with Crippen LogP contribution in [-0.4, -0.2) is 98.6 Å². The van der Waals surface area contributed by atoms with Gasteiger partial charge in [0.2, 0.25) is 0 Å². The number of carbonyl (C=O) groups is 2. The van der Waals surface area contributed by atoms with E-state index in [2.05, 4.69) is 0 Å². The molecule has 0 aromatic heterocycles. The summed E-state index contributed by atoms with van der Waals surface area (Å²) >= 11 is 0. The van der Waals surface area contributed by atoms with Crippen molar-refractivity contribution in [1.82, 2.24) is 4.90 Å². The fourth-order valence-electron chi connectivity index (χ4n) is 8.34. The van der Waals surface area contributed by atoms with E-state index in [-0.39, 0.29) is 46.2 Å². The molecule has 13 heteroatoms. The molecule has 0 N–H and O–H groups in total. The van der Waals surface area contributed by atoms with E-state index in [0.29, 0.717) is 0 Å². The summed E-state index contributed by atoms with van der Waals surface area (Å²) in [5.41, 5.74) is 4.70. The number of amides is 1. The van der Waals surface area contributed by atoms with Gasteiger partial charge in [-0.2, -0.15) is 0 Å². The molecule has 13 nitrogen and oxygen atoms in total. The van der Waals surface area contributed by atoms with Gasteiger partial charge in [0.25, 0.3) is 0 Å². The fourth-order valence-corrected chi connectivity index (χ4v) is 8.34. The van der Waals surface area contributed by atoms with E-state index in [1.165, 1.54) is 6.92 Å². The van der Waals surface area contributed by atoms with Crippen LogP contribution >= 0.6 is 0 Å². The first kappa shape index (κ1) is 45.1. The molecule has 336 valence electrons. The first-order chi connectivity index (χ1) is 31.4. The highest BCUT2D eigenvalue weighted by molar-refractivity contribution is 5.71. The molecule has 3 heterocycles. The number of hydrogen-bond acceptors (Lipinski definition) is 12. The van der Waals surface area contributed by atoms with E-state index < -0.39 is 73.4 Å². The quantitative estimate of drug-likeness (QED) is 0.0724. The van der Waals surface area contributed by atoms with Gasteiger partial charge in [-0.05, 0) is 27.8 Å². The summed E-state index contributed by atoms with van der Waals surface area (Å²) in [6, 6.07) is 48.0. The van der Waals surface area contributed by atoms with Crippen LogP contribution in [0, 0.1) is 0 Å². The SMILES string of the molecule is CO[C@H]1OC(CO[C@H]2OC(COCc3ccccc3)[C@H](OC(C)=O)[C@@H]3OC(=O)N(Cc4ccccc4)C23)[C@@H](OCc2ccccc2)[C@@H](OCc2ccccc2)C1OCc1ccccc1. The second-order valence-corrected chi connectivity index (χ2v) is 16.0. The first-order valence-electron chi connectivity index (χ1n) is 21.7. The van der Waals surface area contributed by atoms with Crippen molar-refractivity contribution in [3.05, 3.63) is 179 Å². The molecule has 0 saturated carbocycles. The van der Waals surface area contributed by atoms with Gasteiger partial charge in [-0.15, -0.1) is 0 Å². The largest absolute Gasteiger partial charge is 0.456 e. The van der Waals surface area contributed by atoms with E-state index in [9.17, 15) is 9.59 Å². The van der Waals surface area contributed by atoms with Crippen LogP contribution in [0.15, 0.2) is 152 Å². The summed E-state index contributed by atoms with van der Waals surface area (Å²) in [6.45, 7) is 2.47. The van der Waals surface area contributed by atoms with Crippen molar-refractivity contribution in [2.24, 2.45) is 0 Å². The molecule has 3 aliphatic heterocycles. The Balaban J connectivity index is 1.10. The highest BCUT2D eigenvalue weighted by atomic mass is 16.7. The molecule has 64 heavy (non-hydrogen) atoms. The molecular weight excluding hydrogens is 819 g/mol. The lowest BCUT2D eigenvalue weighted by Crippen LogP contribution is -2.64. The van der Waals surface area contributed by atoms with Gasteiger partial charge in [-0.25, -0.2) is 4.79 Å². The van der Waals surface area contributed by atoms with Crippen LogP contribution in [0.3, 0.4) is 0 Å². The summed E-state index contributed by atoms with van der Waals surface area (Å²) in [7, 11) is 1.56. The molecule has 3 aliphatic rings. The standard InChI is InChI=1S/C51H55NO12/c1-35(53)61-45-41(33-56-29-37-20-10-4-11-21-37)62-49(43-46(45)64-51(54)52(43)28-36-18-8-3-9-19-36)60-34-42-44(57-30-38-22-12-5-13-23-38)47(58-31-39-24-14-6-15-25-39)48(50(55-2)63-42)59-32-40-26-16-7-17-27-40/h3-27,41-50H,28-34H2,1-2H3/t41?,42?,43?,44-,45+,46-,47-,48?,49+,50+/m1/s1. The van der Waals surface area contributed by atoms with Crippen LogP contribution in [0.2, 0.25) is 0 Å². The van der Waals surface area contributed by atoms with Crippen LogP contribution in [0.25, 0.3) is 0 Å². The lowest BCUT2D eigenvalue weighted by atomic mass is 9.95. The van der Waals surface area contributed by atoms with Gasteiger partial charge in [-0.1, -0.05) is 152 Å². The Morgan fingerprint density at radius 1 is 0.531 bits per heavy atom. The Morgan fingerprint density at radius 3 is 1.50 bits per heavy atom. The average molecular weight is 874 g/mol. The Morgan fingerprint density at radius 2 is 0.984 bits per heavy atom. The van der Waals surface area contributed by atoms with Gasteiger partial charge in [0.15, 0.2) is 24.8 Å². The summed E-state index contributed by atoms with van der Waals surface area (Å²) in [6.07, 6.45) is -8.38. The Kier molecular flexibility index (Phi) is 15.8. The van der Waals surface area contributed by atoms with Crippen molar-refractivity contribution in [3.8, 4) is 0 Å². The predicted molar refractivity (Wildman–Crippen MR) is 233 cm³/mol. The van der Waals surface area contributed by atoms with Gasteiger partial charge in [0.1, 0.15) is 36.6 Å². The van der Waals surface area contributed by atoms with Gasteiger partial charge in [0.05, 0.1) is 39.6 Å². The number of rotatable bonds is 20. The number of nitrogens with zero attached hydrogens (tertiary/aromatic N) is 1. The maximum absolute atomic E-state index is 13.8. The molecule has 0 spiro atoms. The topological polar surface area (TPSA) is 130 Å². The number of benzene rings is 5. The number of hydrogen-bond donors (Lipinski definition) is 0. The van der Waals surface area contributed by atoms with E-state index in [0.717, 1.165) is 27.8 Å². The monoisotopic (exact) mass is 873 g/mol. The van der Waals surface area contributed by atoms with E-state index in [4.69, 9.17) is 47.4 Å². The molecular formula is C51H55NO12. The van der Waals surface area contributed by atoms with Crippen molar-refractivity contribution in [3.63, 3.8) is 0 Å². The molecule has 3 fully saturated rings. The molecule has 5 aromatic rings. The lowest BCUT2D eigenvalue weighted by Gasteiger charge is -2.47. The molecule has 5 aromatic carbocycles. The maximum atomic E-state index is 13.8. The number of esters is 1. The zero-order valence-electron chi connectivity index (χ0n) is 36.0. The predicted octanol–water partition coefficient (Wildman–Crippen LogP) is 7.39. The van der Waals surface area contributed by atoms with Gasteiger partial charge < -0.3 is 47.4 Å². The first-order valence-corrected chi connectivity index (χ1v) is 21.7. The summed E-state index contributed by atoms with van der Waals surface area (Å²) < 4.78 is 64.6. The Labute approximate surface area is 374 Å². The molecule has 4 unspecified atom stereocenters. The Hall–Kier alpha value is -5.48. The minimum Gasteiger partial charge on any atom is -0.456 e. The minimum atomic E-state index is -1.09. The molecule has 3 saturated heterocycles. The highest BCUT2D eigenvalue weighted by Crippen LogP contribution is 2.38. The Bertz CT molecular complexity index is 2170. The van der Waals surface area contributed by atoms with E-state index in [1.54, 1.807) is 12.0 Å². The number of fused-ring (bicyclic) bond motifs is 1. The number of methoxy groups -OCH3 is 1. The summed E-state index contributed by atoms with van der Waals surface area (Å²) in [5.74, 6) is -0.553. The van der Waals surface area contributed by atoms with Crippen LogP contribution < -0.4 is 0 Å². The smallest absolute Gasteiger partial charge is 0.411 e. The fraction of sp³-hybridized carbons (Fsp3) is 0.373. The van der Waals surface area contributed by atoms with Crippen LogP contribution in [0.1, 0.15) is 34.7 Å².